The highest BCUT2D eigenvalue weighted by molar-refractivity contribution is 5.80. The standard InChI is InChI=1S/C20H29N3O2/c21-13-16-7-4-8-18(16)20(25)22-17-11-12-23(14-17)19(24)10-9-15-5-2-1-3-6-15/h1-3,5-6,16-18H,4,7-14,21H2,(H,22,25)/t16-,17?,18-/m1/s1. The van der Waals surface area contributed by atoms with Gasteiger partial charge in [0.15, 0.2) is 0 Å². The predicted octanol–water partition coefficient (Wildman–Crippen LogP) is 1.71. The third-order valence-corrected chi connectivity index (χ3v) is 5.66. The molecule has 1 saturated carbocycles. The molecule has 0 aromatic heterocycles. The van der Waals surface area contributed by atoms with Crippen molar-refractivity contribution < 1.29 is 9.59 Å². The Bertz CT molecular complexity index is 590. The molecule has 1 aliphatic carbocycles. The van der Waals surface area contributed by atoms with Crippen LogP contribution in [-0.4, -0.2) is 42.4 Å². The molecule has 25 heavy (non-hydrogen) atoms. The van der Waals surface area contributed by atoms with Gasteiger partial charge in [0.05, 0.1) is 0 Å². The van der Waals surface area contributed by atoms with E-state index in [2.05, 4.69) is 17.4 Å². The van der Waals surface area contributed by atoms with Gasteiger partial charge in [-0.2, -0.15) is 0 Å². The van der Waals surface area contributed by atoms with Crippen LogP contribution in [0.2, 0.25) is 0 Å². The van der Waals surface area contributed by atoms with E-state index in [4.69, 9.17) is 5.73 Å². The van der Waals surface area contributed by atoms with Crippen LogP contribution in [0.25, 0.3) is 0 Å². The summed E-state index contributed by atoms with van der Waals surface area (Å²) >= 11 is 0. The van der Waals surface area contributed by atoms with Crippen LogP contribution in [0.1, 0.15) is 37.7 Å². The van der Waals surface area contributed by atoms with Gasteiger partial charge in [0.1, 0.15) is 0 Å². The fraction of sp³-hybridized carbons (Fsp3) is 0.600. The molecular weight excluding hydrogens is 314 g/mol. The maximum atomic E-state index is 12.5. The average Bonchev–Trinajstić information content (AvgIpc) is 3.29. The van der Waals surface area contributed by atoms with Gasteiger partial charge in [0.25, 0.3) is 0 Å². The molecule has 3 rings (SSSR count). The molecule has 136 valence electrons. The molecule has 1 aliphatic heterocycles. The number of nitrogens with zero attached hydrogens (tertiary/aromatic N) is 1. The van der Waals surface area contributed by atoms with Gasteiger partial charge in [-0.05, 0) is 43.7 Å². The van der Waals surface area contributed by atoms with E-state index < -0.39 is 0 Å². The first kappa shape index (κ1) is 17.9. The van der Waals surface area contributed by atoms with E-state index in [-0.39, 0.29) is 23.8 Å². The van der Waals surface area contributed by atoms with Crippen molar-refractivity contribution in [1.29, 1.82) is 0 Å². The molecule has 5 heteroatoms. The van der Waals surface area contributed by atoms with Crippen molar-refractivity contribution in [3.63, 3.8) is 0 Å². The summed E-state index contributed by atoms with van der Waals surface area (Å²) in [5.41, 5.74) is 6.97. The number of likely N-dealkylation sites (tertiary alicyclic amines) is 1. The van der Waals surface area contributed by atoms with Crippen LogP contribution < -0.4 is 11.1 Å². The van der Waals surface area contributed by atoms with E-state index in [0.717, 1.165) is 38.6 Å². The second-order valence-electron chi connectivity index (χ2n) is 7.35. The third-order valence-electron chi connectivity index (χ3n) is 5.66. The molecule has 1 saturated heterocycles. The minimum atomic E-state index is 0.0628. The van der Waals surface area contributed by atoms with Gasteiger partial charge in [-0.15, -0.1) is 0 Å². The zero-order valence-corrected chi connectivity index (χ0v) is 14.8. The molecule has 3 atom stereocenters. The third kappa shape index (κ3) is 4.60. The molecule has 1 aromatic carbocycles. The summed E-state index contributed by atoms with van der Waals surface area (Å²) in [5.74, 6) is 0.704. The zero-order chi connectivity index (χ0) is 17.6. The Kier molecular flexibility index (Phi) is 6.08. The van der Waals surface area contributed by atoms with E-state index >= 15 is 0 Å². The molecule has 1 unspecified atom stereocenters. The summed E-state index contributed by atoms with van der Waals surface area (Å²) in [6, 6.07) is 10.2. The molecule has 2 fully saturated rings. The van der Waals surface area contributed by atoms with Crippen LogP contribution in [0.4, 0.5) is 0 Å². The smallest absolute Gasteiger partial charge is 0.223 e. The highest BCUT2D eigenvalue weighted by Crippen LogP contribution is 2.31. The number of aryl methyl sites for hydroxylation is 1. The first-order valence-electron chi connectivity index (χ1n) is 9.49. The van der Waals surface area contributed by atoms with E-state index in [1.807, 2.05) is 23.1 Å². The molecule has 1 heterocycles. The Morgan fingerprint density at radius 3 is 2.72 bits per heavy atom. The Morgan fingerprint density at radius 1 is 1.16 bits per heavy atom. The quantitative estimate of drug-likeness (QED) is 0.826. The molecule has 2 amide bonds. The lowest BCUT2D eigenvalue weighted by atomic mass is 9.95. The van der Waals surface area contributed by atoms with Crippen molar-refractivity contribution in [3.05, 3.63) is 35.9 Å². The number of carbonyl (C=O) groups is 2. The van der Waals surface area contributed by atoms with Crippen LogP contribution in [0, 0.1) is 11.8 Å². The summed E-state index contributed by atoms with van der Waals surface area (Å²) in [5, 5.41) is 3.16. The minimum absolute atomic E-state index is 0.0628. The van der Waals surface area contributed by atoms with Crippen molar-refractivity contribution in [2.24, 2.45) is 17.6 Å². The molecular formula is C20H29N3O2. The number of nitrogens with one attached hydrogen (secondary N) is 1. The molecule has 2 aliphatic rings. The van der Waals surface area contributed by atoms with Crippen molar-refractivity contribution in [1.82, 2.24) is 10.2 Å². The van der Waals surface area contributed by atoms with E-state index in [9.17, 15) is 9.59 Å². The summed E-state index contributed by atoms with van der Waals surface area (Å²) in [6.07, 6.45) is 5.25. The maximum absolute atomic E-state index is 12.5. The lowest BCUT2D eigenvalue weighted by molar-refractivity contribution is -0.131. The molecule has 3 N–H and O–H groups in total. The number of hydrogen-bond donors (Lipinski definition) is 2. The SMILES string of the molecule is NC[C@H]1CCC[C@H]1C(=O)NC1CCN(C(=O)CCc2ccccc2)C1. The first-order valence-corrected chi connectivity index (χ1v) is 9.49. The van der Waals surface area contributed by atoms with Crippen LogP contribution in [0.3, 0.4) is 0 Å². The number of hydrogen-bond acceptors (Lipinski definition) is 3. The highest BCUT2D eigenvalue weighted by atomic mass is 16.2. The lowest BCUT2D eigenvalue weighted by Crippen LogP contribution is -2.43. The van der Waals surface area contributed by atoms with Crippen molar-refractivity contribution in [3.8, 4) is 0 Å². The van der Waals surface area contributed by atoms with Crippen LogP contribution in [-0.2, 0) is 16.0 Å². The van der Waals surface area contributed by atoms with Crippen molar-refractivity contribution in [2.45, 2.75) is 44.6 Å². The lowest BCUT2D eigenvalue weighted by Gasteiger charge is -2.21. The summed E-state index contributed by atoms with van der Waals surface area (Å²) in [6.45, 7) is 1.97. The largest absolute Gasteiger partial charge is 0.351 e. The van der Waals surface area contributed by atoms with Crippen molar-refractivity contribution >= 4 is 11.8 Å². The number of carbonyl (C=O) groups excluding carboxylic acids is 2. The van der Waals surface area contributed by atoms with Gasteiger partial charge in [-0.3, -0.25) is 9.59 Å². The van der Waals surface area contributed by atoms with Crippen LogP contribution in [0.15, 0.2) is 30.3 Å². The van der Waals surface area contributed by atoms with E-state index in [1.54, 1.807) is 0 Å². The highest BCUT2D eigenvalue weighted by Gasteiger charge is 2.34. The fourth-order valence-electron chi connectivity index (χ4n) is 4.13. The molecule has 0 radical (unpaired) electrons. The van der Waals surface area contributed by atoms with Gasteiger partial charge in [0, 0.05) is 31.5 Å². The van der Waals surface area contributed by atoms with Crippen LogP contribution in [0.5, 0.6) is 0 Å². The van der Waals surface area contributed by atoms with Gasteiger partial charge in [-0.1, -0.05) is 36.8 Å². The Hall–Kier alpha value is -1.88. The van der Waals surface area contributed by atoms with E-state index in [0.29, 0.717) is 25.4 Å². The second kappa shape index (κ2) is 8.48. The fourth-order valence-corrected chi connectivity index (χ4v) is 4.13. The topological polar surface area (TPSA) is 75.4 Å². The van der Waals surface area contributed by atoms with E-state index in [1.165, 1.54) is 5.56 Å². The second-order valence-corrected chi connectivity index (χ2v) is 7.35. The minimum Gasteiger partial charge on any atom is -0.351 e. The number of rotatable bonds is 6. The molecule has 1 aromatic rings. The molecule has 5 nitrogen and oxygen atoms in total. The number of nitrogens with two attached hydrogens (primary N) is 1. The Morgan fingerprint density at radius 2 is 1.96 bits per heavy atom. The number of amides is 2. The summed E-state index contributed by atoms with van der Waals surface area (Å²) < 4.78 is 0. The monoisotopic (exact) mass is 343 g/mol. The summed E-state index contributed by atoms with van der Waals surface area (Å²) in [4.78, 5) is 26.8. The van der Waals surface area contributed by atoms with Gasteiger partial charge in [-0.25, -0.2) is 0 Å². The Balaban J connectivity index is 1.43. The average molecular weight is 343 g/mol. The maximum Gasteiger partial charge on any atom is 0.223 e. The van der Waals surface area contributed by atoms with Gasteiger partial charge < -0.3 is 16.0 Å². The van der Waals surface area contributed by atoms with Crippen LogP contribution >= 0.6 is 0 Å². The normalized spacial score (nSPS) is 26.0. The Labute approximate surface area is 150 Å². The predicted molar refractivity (Wildman–Crippen MR) is 97.8 cm³/mol. The number of benzene rings is 1. The molecule has 0 spiro atoms. The summed E-state index contributed by atoms with van der Waals surface area (Å²) in [7, 11) is 0. The van der Waals surface area contributed by atoms with Crippen molar-refractivity contribution in [2.75, 3.05) is 19.6 Å². The first-order chi connectivity index (χ1) is 12.2. The zero-order valence-electron chi connectivity index (χ0n) is 14.8. The van der Waals surface area contributed by atoms with Gasteiger partial charge >= 0.3 is 0 Å². The molecule has 0 bridgehead atoms. The van der Waals surface area contributed by atoms with Gasteiger partial charge in [0.2, 0.25) is 11.8 Å².